The second-order valence-corrected chi connectivity index (χ2v) is 6.70. The van der Waals surface area contributed by atoms with E-state index in [4.69, 9.17) is 0 Å². The minimum Gasteiger partial charge on any atom is -0.507 e. The molecule has 18 heavy (non-hydrogen) atoms. The largest absolute Gasteiger partial charge is 0.507 e. The topological polar surface area (TPSA) is 57.5 Å². The van der Waals surface area contributed by atoms with Crippen LogP contribution in [-0.2, 0) is 4.79 Å². The van der Waals surface area contributed by atoms with Crippen LogP contribution in [0.15, 0.2) is 18.2 Å². The summed E-state index contributed by atoms with van der Waals surface area (Å²) in [6.07, 6.45) is 2.61. The van der Waals surface area contributed by atoms with Gasteiger partial charge < -0.3 is 10.2 Å². The summed E-state index contributed by atoms with van der Waals surface area (Å²) in [5.41, 5.74) is 0.960. The van der Waals surface area contributed by atoms with Crippen molar-refractivity contribution in [2.45, 2.75) is 30.1 Å². The number of aliphatic carboxylic acids is 1. The van der Waals surface area contributed by atoms with Gasteiger partial charge in [0.05, 0.1) is 9.49 Å². The fourth-order valence-corrected chi connectivity index (χ4v) is 3.34. The average Bonchev–Trinajstić information content (AvgIpc) is 2.32. The van der Waals surface area contributed by atoms with Gasteiger partial charge in [0.2, 0.25) is 0 Å². The van der Waals surface area contributed by atoms with E-state index >= 15 is 0 Å². The molecule has 0 amide bonds. The molecule has 0 saturated carbocycles. The van der Waals surface area contributed by atoms with Gasteiger partial charge in [-0.25, -0.2) is 0 Å². The van der Waals surface area contributed by atoms with Crippen molar-refractivity contribution in [3.63, 3.8) is 0 Å². The SMILES string of the molecule is CCCCC(C(=O)O)C(I)c1ccc(O)c(I)c1. The fourth-order valence-electron chi connectivity index (χ4n) is 1.75. The molecule has 2 unspecified atom stereocenters. The maximum absolute atomic E-state index is 11.3. The highest BCUT2D eigenvalue weighted by Crippen LogP contribution is 2.36. The first-order valence-electron chi connectivity index (χ1n) is 5.82. The van der Waals surface area contributed by atoms with E-state index in [2.05, 4.69) is 52.1 Å². The lowest BCUT2D eigenvalue weighted by Crippen LogP contribution is -2.18. The molecule has 5 heteroatoms. The van der Waals surface area contributed by atoms with E-state index < -0.39 is 5.97 Å². The number of rotatable bonds is 6. The molecule has 0 aliphatic rings. The lowest BCUT2D eigenvalue weighted by atomic mass is 9.94. The van der Waals surface area contributed by atoms with Crippen LogP contribution < -0.4 is 0 Å². The number of hydrogen-bond acceptors (Lipinski definition) is 2. The third-order valence-electron chi connectivity index (χ3n) is 2.83. The molecular formula is C13H16I2O3. The van der Waals surface area contributed by atoms with E-state index in [1.807, 2.05) is 6.07 Å². The van der Waals surface area contributed by atoms with Gasteiger partial charge >= 0.3 is 5.97 Å². The predicted molar refractivity (Wildman–Crippen MR) is 88.2 cm³/mol. The van der Waals surface area contributed by atoms with Crippen LogP contribution in [0, 0.1) is 9.49 Å². The van der Waals surface area contributed by atoms with Crippen molar-refractivity contribution in [1.82, 2.24) is 0 Å². The summed E-state index contributed by atoms with van der Waals surface area (Å²) in [6.45, 7) is 2.06. The highest BCUT2D eigenvalue weighted by Gasteiger charge is 2.27. The molecule has 0 saturated heterocycles. The number of carboxylic acid groups (broad SMARTS) is 1. The summed E-state index contributed by atoms with van der Waals surface area (Å²) in [4.78, 5) is 11.3. The van der Waals surface area contributed by atoms with Crippen LogP contribution in [0.4, 0.5) is 0 Å². The Labute approximate surface area is 134 Å². The van der Waals surface area contributed by atoms with Gasteiger partial charge in [0, 0.05) is 3.92 Å². The second kappa shape index (κ2) is 7.52. The number of aromatic hydroxyl groups is 1. The Kier molecular flexibility index (Phi) is 6.68. The zero-order chi connectivity index (χ0) is 13.7. The van der Waals surface area contributed by atoms with E-state index in [-0.39, 0.29) is 15.6 Å². The molecule has 2 N–H and O–H groups in total. The van der Waals surface area contributed by atoms with Gasteiger partial charge in [-0.1, -0.05) is 48.4 Å². The molecular weight excluding hydrogens is 458 g/mol. The number of unbranched alkanes of at least 4 members (excludes halogenated alkanes) is 1. The Bertz CT molecular complexity index is 421. The van der Waals surface area contributed by atoms with Crippen LogP contribution in [0.5, 0.6) is 5.75 Å². The standard InChI is InChI=1S/C13H16I2O3/c1-2-3-4-9(13(17)18)12(15)8-5-6-11(16)10(14)7-8/h5-7,9,12,16H,2-4H2,1H3,(H,17,18). The van der Waals surface area contributed by atoms with E-state index in [1.54, 1.807) is 12.1 Å². The van der Waals surface area contributed by atoms with Gasteiger partial charge in [-0.2, -0.15) is 0 Å². The molecule has 0 fully saturated rings. The summed E-state index contributed by atoms with van der Waals surface area (Å²) in [5.74, 6) is -0.875. The molecule has 0 aliphatic carbocycles. The predicted octanol–water partition coefficient (Wildman–Crippen LogP) is 4.36. The molecule has 1 aromatic rings. The minimum absolute atomic E-state index is 0.0687. The molecule has 1 rings (SSSR count). The summed E-state index contributed by atoms with van der Waals surface area (Å²) >= 11 is 4.24. The van der Waals surface area contributed by atoms with Crippen molar-refractivity contribution < 1.29 is 15.0 Å². The molecule has 1 aromatic carbocycles. The van der Waals surface area contributed by atoms with Crippen LogP contribution >= 0.6 is 45.2 Å². The first-order valence-corrected chi connectivity index (χ1v) is 8.15. The molecule has 100 valence electrons. The third kappa shape index (κ3) is 4.25. The van der Waals surface area contributed by atoms with Gasteiger partial charge in [0.25, 0.3) is 0 Å². The van der Waals surface area contributed by atoms with Crippen LogP contribution in [0.25, 0.3) is 0 Å². The van der Waals surface area contributed by atoms with Gasteiger partial charge in [0.15, 0.2) is 0 Å². The summed E-state index contributed by atoms with van der Waals surface area (Å²) in [5, 5.41) is 18.8. The Balaban J connectivity index is 2.90. The van der Waals surface area contributed by atoms with Crippen molar-refractivity contribution >= 4 is 51.2 Å². The highest BCUT2D eigenvalue weighted by molar-refractivity contribution is 14.1. The Hall–Kier alpha value is -0.0500. The van der Waals surface area contributed by atoms with Gasteiger partial charge in [-0.3, -0.25) is 4.79 Å². The minimum atomic E-state index is -0.745. The van der Waals surface area contributed by atoms with Crippen LogP contribution in [-0.4, -0.2) is 16.2 Å². The molecule has 2 atom stereocenters. The van der Waals surface area contributed by atoms with Crippen LogP contribution in [0.2, 0.25) is 0 Å². The van der Waals surface area contributed by atoms with Gasteiger partial charge in [0.1, 0.15) is 5.75 Å². The summed E-state index contributed by atoms with van der Waals surface area (Å²) < 4.78 is 0.687. The van der Waals surface area contributed by atoms with E-state index in [0.717, 1.165) is 22.0 Å². The van der Waals surface area contributed by atoms with Crippen LogP contribution in [0.3, 0.4) is 0 Å². The zero-order valence-corrected chi connectivity index (χ0v) is 14.4. The lowest BCUT2D eigenvalue weighted by Gasteiger charge is -2.19. The summed E-state index contributed by atoms with van der Waals surface area (Å²) in [7, 11) is 0. The third-order valence-corrected chi connectivity index (χ3v) is 5.28. The van der Waals surface area contributed by atoms with Crippen molar-refractivity contribution in [1.29, 1.82) is 0 Å². The second-order valence-electron chi connectivity index (χ2n) is 4.20. The number of carboxylic acids is 1. The quantitative estimate of drug-likeness (QED) is 0.476. The van der Waals surface area contributed by atoms with Crippen molar-refractivity contribution in [3.8, 4) is 5.75 Å². The first-order chi connectivity index (χ1) is 8.47. The van der Waals surface area contributed by atoms with Gasteiger partial charge in [-0.15, -0.1) is 0 Å². The molecule has 0 spiro atoms. The number of hydrogen-bond donors (Lipinski definition) is 2. The lowest BCUT2D eigenvalue weighted by molar-refractivity contribution is -0.141. The smallest absolute Gasteiger partial charge is 0.307 e. The molecule has 0 aliphatic heterocycles. The number of benzene rings is 1. The average molecular weight is 474 g/mol. The Morgan fingerprint density at radius 1 is 1.44 bits per heavy atom. The number of carbonyl (C=O) groups is 1. The van der Waals surface area contributed by atoms with E-state index in [1.165, 1.54) is 0 Å². The van der Waals surface area contributed by atoms with Crippen LogP contribution in [0.1, 0.15) is 35.7 Å². The van der Waals surface area contributed by atoms with E-state index in [0.29, 0.717) is 6.42 Å². The Morgan fingerprint density at radius 3 is 2.61 bits per heavy atom. The fraction of sp³-hybridized carbons (Fsp3) is 0.462. The maximum Gasteiger partial charge on any atom is 0.307 e. The number of phenols is 1. The van der Waals surface area contributed by atoms with Crippen molar-refractivity contribution in [2.24, 2.45) is 5.92 Å². The first kappa shape index (κ1) is 16.0. The molecule has 3 nitrogen and oxygen atoms in total. The maximum atomic E-state index is 11.3. The molecule has 0 radical (unpaired) electrons. The number of phenolic OH excluding ortho intramolecular Hbond substituents is 1. The van der Waals surface area contributed by atoms with Gasteiger partial charge in [-0.05, 0) is 46.7 Å². The zero-order valence-electron chi connectivity index (χ0n) is 10.1. The monoisotopic (exact) mass is 474 g/mol. The van der Waals surface area contributed by atoms with E-state index in [9.17, 15) is 15.0 Å². The molecule has 0 heterocycles. The molecule has 0 bridgehead atoms. The summed E-state index contributed by atoms with van der Waals surface area (Å²) in [6, 6.07) is 5.28. The van der Waals surface area contributed by atoms with Crippen molar-refractivity contribution in [2.75, 3.05) is 0 Å². The molecule has 0 aromatic heterocycles. The normalized spacial score (nSPS) is 14.2. The number of halogens is 2. The Morgan fingerprint density at radius 2 is 2.11 bits per heavy atom. The highest BCUT2D eigenvalue weighted by atomic mass is 127. The number of alkyl halides is 1. The van der Waals surface area contributed by atoms with Crippen molar-refractivity contribution in [3.05, 3.63) is 27.3 Å².